The number of para-hydroxylation sites is 1. The number of aryl methyl sites for hydroxylation is 1. The molecule has 0 fully saturated rings. The van der Waals surface area contributed by atoms with Crippen molar-refractivity contribution in [1.29, 1.82) is 0 Å². The Hall–Kier alpha value is -4.89. The van der Waals surface area contributed by atoms with Gasteiger partial charge >= 0.3 is 0 Å². The molecular weight excluding hydrogens is 542 g/mol. The molecule has 1 aliphatic heterocycles. The number of ether oxygens (including phenoxy) is 2. The average molecular weight is 568 g/mol. The minimum atomic E-state index is -0.985. The van der Waals surface area contributed by atoms with Crippen LogP contribution in [0.2, 0.25) is 5.02 Å². The number of carbonyl (C=O) groups excluding carboxylic acids is 2. The molecule has 2 heterocycles. The Morgan fingerprint density at radius 1 is 0.976 bits per heavy atom. The summed E-state index contributed by atoms with van der Waals surface area (Å²) < 4.78 is 12.4. The van der Waals surface area contributed by atoms with E-state index < -0.39 is 11.9 Å². The molecule has 9 nitrogen and oxygen atoms in total. The van der Waals surface area contributed by atoms with E-state index in [0.29, 0.717) is 33.3 Å². The molecule has 4 aromatic carbocycles. The Bertz CT molecular complexity index is 1720. The van der Waals surface area contributed by atoms with Gasteiger partial charge in [-0.2, -0.15) is 0 Å². The summed E-state index contributed by atoms with van der Waals surface area (Å²) in [4.78, 5) is 29.7. The maximum atomic E-state index is 14.1. The first-order chi connectivity index (χ1) is 19.9. The van der Waals surface area contributed by atoms with E-state index in [1.165, 1.54) is 0 Å². The van der Waals surface area contributed by atoms with Gasteiger partial charge in [0.25, 0.3) is 5.91 Å². The summed E-state index contributed by atoms with van der Waals surface area (Å²) >= 11 is 6.19. The monoisotopic (exact) mass is 567 g/mol. The molecule has 0 unspecified atom stereocenters. The number of halogens is 1. The van der Waals surface area contributed by atoms with Crippen molar-refractivity contribution in [1.82, 2.24) is 19.9 Å². The molecule has 0 saturated heterocycles. The predicted octanol–water partition coefficient (Wildman–Crippen LogP) is 5.53. The number of hydrogen-bond donors (Lipinski definition) is 1. The Kier molecular flexibility index (Phi) is 7.26. The molecule has 0 spiro atoms. The zero-order chi connectivity index (χ0) is 28.3. The number of hydrogen-bond acceptors (Lipinski definition) is 6. The highest BCUT2D eigenvalue weighted by molar-refractivity contribution is 6.30. The molecule has 1 atom stereocenters. The van der Waals surface area contributed by atoms with E-state index in [1.54, 1.807) is 52.0 Å². The van der Waals surface area contributed by atoms with Crippen molar-refractivity contribution in [3.8, 4) is 11.5 Å². The number of amides is 2. The summed E-state index contributed by atoms with van der Waals surface area (Å²) in [5.74, 6) is 0.446. The number of anilines is 1. The highest BCUT2D eigenvalue weighted by Crippen LogP contribution is 2.35. The summed E-state index contributed by atoms with van der Waals surface area (Å²) in [5.41, 5.74) is 4.50. The molecule has 0 aliphatic carbocycles. The predicted molar refractivity (Wildman–Crippen MR) is 155 cm³/mol. The first-order valence-corrected chi connectivity index (χ1v) is 13.4. The summed E-state index contributed by atoms with van der Waals surface area (Å²) in [7, 11) is 0. The van der Waals surface area contributed by atoms with Crippen molar-refractivity contribution < 1.29 is 19.1 Å². The summed E-state index contributed by atoms with van der Waals surface area (Å²) in [6, 6.07) is 26.4. The van der Waals surface area contributed by atoms with Gasteiger partial charge in [0.15, 0.2) is 11.5 Å². The smallest absolute Gasteiger partial charge is 0.251 e. The van der Waals surface area contributed by atoms with E-state index in [2.05, 4.69) is 15.6 Å². The first-order valence-electron chi connectivity index (χ1n) is 13.0. The van der Waals surface area contributed by atoms with Crippen molar-refractivity contribution >= 4 is 40.1 Å². The molecule has 6 rings (SSSR count). The number of benzene rings is 4. The quantitative estimate of drug-likeness (QED) is 0.265. The van der Waals surface area contributed by atoms with Crippen molar-refractivity contribution in [3.63, 3.8) is 0 Å². The van der Waals surface area contributed by atoms with Gasteiger partial charge < -0.3 is 19.7 Å². The third-order valence-electron chi connectivity index (χ3n) is 6.88. The molecule has 41 heavy (non-hydrogen) atoms. The van der Waals surface area contributed by atoms with E-state index in [-0.39, 0.29) is 25.8 Å². The number of fused-ring (bicyclic) bond motifs is 2. The highest BCUT2D eigenvalue weighted by Gasteiger charge is 2.32. The van der Waals surface area contributed by atoms with E-state index in [0.717, 1.165) is 16.6 Å². The second kappa shape index (κ2) is 11.3. The summed E-state index contributed by atoms with van der Waals surface area (Å²) in [6.07, 6.45) is 0. The van der Waals surface area contributed by atoms with Gasteiger partial charge in [0.2, 0.25) is 12.7 Å². The van der Waals surface area contributed by atoms with Crippen molar-refractivity contribution in [3.05, 3.63) is 113 Å². The molecule has 0 saturated carbocycles. The molecule has 1 aliphatic rings. The van der Waals surface area contributed by atoms with Crippen molar-refractivity contribution in [2.24, 2.45) is 0 Å². The molecule has 2 amide bonds. The first kappa shape index (κ1) is 26.3. The van der Waals surface area contributed by atoms with Crippen LogP contribution in [0.3, 0.4) is 0 Å². The molecule has 10 heteroatoms. The maximum absolute atomic E-state index is 14.1. The van der Waals surface area contributed by atoms with Gasteiger partial charge in [-0.1, -0.05) is 70.9 Å². The fourth-order valence-corrected chi connectivity index (χ4v) is 4.90. The van der Waals surface area contributed by atoms with Crippen LogP contribution in [0.25, 0.3) is 11.0 Å². The third-order valence-corrected chi connectivity index (χ3v) is 7.14. The lowest BCUT2D eigenvalue weighted by Crippen LogP contribution is -2.42. The fraction of sp³-hybridized carbons (Fsp3) is 0.161. The zero-order valence-corrected chi connectivity index (χ0v) is 22.9. The third kappa shape index (κ3) is 5.71. The lowest BCUT2D eigenvalue weighted by atomic mass is 10.0. The van der Waals surface area contributed by atoms with Crippen LogP contribution in [0.5, 0.6) is 11.5 Å². The van der Waals surface area contributed by atoms with Crippen LogP contribution in [0, 0.1) is 6.92 Å². The van der Waals surface area contributed by atoms with Gasteiger partial charge in [-0.15, -0.1) is 5.10 Å². The standard InChI is InChI=1S/C31H26ClN5O4/c1-20-6-8-21(9-7-20)17-36(29(38)18-37-26-5-3-2-4-25(26)34-35-37)30(22-10-12-23(32)13-11-22)31(39)33-24-14-15-27-28(16-24)41-19-40-27/h2-16,30H,17-19H2,1H3,(H,33,39)/t30-/m1/s1. The van der Waals surface area contributed by atoms with E-state index in [4.69, 9.17) is 21.1 Å². The van der Waals surface area contributed by atoms with Gasteiger partial charge in [-0.05, 0) is 54.4 Å². The lowest BCUT2D eigenvalue weighted by molar-refractivity contribution is -0.140. The van der Waals surface area contributed by atoms with Crippen LogP contribution < -0.4 is 14.8 Å². The fourth-order valence-electron chi connectivity index (χ4n) is 4.77. The molecule has 206 valence electrons. The SMILES string of the molecule is Cc1ccc(CN(C(=O)Cn2nnc3ccccc32)[C@@H](C(=O)Nc2ccc3c(c2)OCO3)c2ccc(Cl)cc2)cc1. The van der Waals surface area contributed by atoms with Crippen LogP contribution in [-0.4, -0.2) is 38.5 Å². The molecule has 1 N–H and O–H groups in total. The number of nitrogens with zero attached hydrogens (tertiary/aromatic N) is 4. The Morgan fingerprint density at radius 2 is 1.73 bits per heavy atom. The molecule has 0 bridgehead atoms. The lowest BCUT2D eigenvalue weighted by Gasteiger charge is -2.32. The zero-order valence-electron chi connectivity index (χ0n) is 22.2. The largest absolute Gasteiger partial charge is 0.454 e. The van der Waals surface area contributed by atoms with E-state index in [1.807, 2.05) is 55.5 Å². The van der Waals surface area contributed by atoms with Gasteiger partial charge in [0.05, 0.1) is 5.52 Å². The van der Waals surface area contributed by atoms with Gasteiger partial charge in [0, 0.05) is 23.3 Å². The molecule has 1 aromatic heterocycles. The maximum Gasteiger partial charge on any atom is 0.251 e. The van der Waals surface area contributed by atoms with Crippen molar-refractivity contribution in [2.45, 2.75) is 26.1 Å². The molecule has 0 radical (unpaired) electrons. The Morgan fingerprint density at radius 3 is 2.54 bits per heavy atom. The molecule has 5 aromatic rings. The van der Waals surface area contributed by atoms with Gasteiger partial charge in [-0.3, -0.25) is 9.59 Å². The van der Waals surface area contributed by atoms with Gasteiger partial charge in [-0.25, -0.2) is 4.68 Å². The highest BCUT2D eigenvalue weighted by atomic mass is 35.5. The minimum Gasteiger partial charge on any atom is -0.454 e. The number of aromatic nitrogens is 3. The Labute approximate surface area is 241 Å². The normalized spacial score (nSPS) is 12.7. The van der Waals surface area contributed by atoms with E-state index in [9.17, 15) is 9.59 Å². The topological polar surface area (TPSA) is 98.6 Å². The van der Waals surface area contributed by atoms with Crippen LogP contribution in [0.4, 0.5) is 5.69 Å². The van der Waals surface area contributed by atoms with E-state index >= 15 is 0 Å². The van der Waals surface area contributed by atoms with Gasteiger partial charge in [0.1, 0.15) is 18.1 Å². The van der Waals surface area contributed by atoms with Crippen LogP contribution >= 0.6 is 11.6 Å². The number of rotatable bonds is 8. The summed E-state index contributed by atoms with van der Waals surface area (Å²) in [6.45, 7) is 2.20. The minimum absolute atomic E-state index is 0.103. The Balaban J connectivity index is 1.38. The van der Waals surface area contributed by atoms with Crippen molar-refractivity contribution in [2.75, 3.05) is 12.1 Å². The van der Waals surface area contributed by atoms with Crippen LogP contribution in [0.15, 0.2) is 91.0 Å². The summed E-state index contributed by atoms with van der Waals surface area (Å²) in [5, 5.41) is 11.9. The molecular formula is C31H26ClN5O4. The van der Waals surface area contributed by atoms with Crippen LogP contribution in [-0.2, 0) is 22.7 Å². The number of nitrogens with one attached hydrogen (secondary N) is 1. The number of carbonyl (C=O) groups is 2. The second-order valence-corrected chi connectivity index (χ2v) is 10.2. The van der Waals surface area contributed by atoms with Crippen LogP contribution in [0.1, 0.15) is 22.7 Å². The second-order valence-electron chi connectivity index (χ2n) is 9.75. The average Bonchev–Trinajstić information content (AvgIpc) is 3.61.